The summed E-state index contributed by atoms with van der Waals surface area (Å²) in [7, 11) is -4.34. The van der Waals surface area contributed by atoms with Crippen LogP contribution in [-0.4, -0.2) is 72.2 Å². The summed E-state index contributed by atoms with van der Waals surface area (Å²) in [6, 6.07) is 10.9. The molecule has 2 fully saturated rings. The van der Waals surface area contributed by atoms with E-state index < -0.39 is 44.9 Å². The van der Waals surface area contributed by atoms with Gasteiger partial charge in [0.15, 0.2) is 0 Å². The van der Waals surface area contributed by atoms with Crippen LogP contribution in [0.5, 0.6) is 5.75 Å². The zero-order valence-electron chi connectivity index (χ0n) is 25.5. The van der Waals surface area contributed by atoms with E-state index in [0.717, 1.165) is 25.7 Å². The molecular formula is C32H46N4O6S. The van der Waals surface area contributed by atoms with Crippen molar-refractivity contribution in [1.82, 2.24) is 15.5 Å². The standard InChI is InChI=1S/C32H46N4O6S/c1-20-24(15-10-16-26(20)37)30(39)34-28(29(43(33,41)42)21-11-6-5-7-12-21)27(38)19-36-18-23-14-9-8-13-22(23)17-25(36)31(40)35-32(2,3)4/h5-7,10-12,15-16,22-23,25,27-29,37-38H,8-9,13-14,17-19H2,1-4H3,(H,34,39)(H,35,40)(H2,33,41,42). The number of hydrogen-bond donors (Lipinski definition) is 5. The molecule has 2 amide bonds. The van der Waals surface area contributed by atoms with Gasteiger partial charge in [0, 0.05) is 29.8 Å². The number of piperidine rings is 1. The van der Waals surface area contributed by atoms with Crippen LogP contribution in [-0.2, 0) is 14.8 Å². The Hall–Kier alpha value is -2.99. The van der Waals surface area contributed by atoms with Gasteiger partial charge in [-0.2, -0.15) is 0 Å². The number of aromatic hydroxyl groups is 1. The molecule has 43 heavy (non-hydrogen) atoms. The number of fused-ring (bicyclic) bond motifs is 1. The van der Waals surface area contributed by atoms with Crippen molar-refractivity contribution in [3.63, 3.8) is 0 Å². The largest absolute Gasteiger partial charge is 0.508 e. The first-order valence-corrected chi connectivity index (χ1v) is 16.7. The monoisotopic (exact) mass is 614 g/mol. The van der Waals surface area contributed by atoms with Gasteiger partial charge in [-0.1, -0.05) is 55.7 Å². The summed E-state index contributed by atoms with van der Waals surface area (Å²) in [4.78, 5) is 29.1. The second-order valence-electron chi connectivity index (χ2n) is 13.2. The number of β-amino-alcohol motifs (C(OH)–C–C–N with tert-alkyl or cyclic N) is 1. The van der Waals surface area contributed by atoms with Gasteiger partial charge in [-0.15, -0.1) is 0 Å². The molecule has 10 nitrogen and oxygen atoms in total. The first-order valence-electron chi connectivity index (χ1n) is 15.1. The van der Waals surface area contributed by atoms with E-state index in [1.54, 1.807) is 37.3 Å². The van der Waals surface area contributed by atoms with E-state index in [2.05, 4.69) is 10.6 Å². The molecule has 2 aromatic carbocycles. The molecule has 6 unspecified atom stereocenters. The summed E-state index contributed by atoms with van der Waals surface area (Å²) in [6.45, 7) is 7.87. The van der Waals surface area contributed by atoms with E-state index in [1.807, 2.05) is 25.7 Å². The number of carbonyl (C=O) groups is 2. The van der Waals surface area contributed by atoms with Crippen molar-refractivity contribution < 1.29 is 28.2 Å². The molecule has 1 saturated carbocycles. The number of likely N-dealkylation sites (tertiary alicyclic amines) is 1. The van der Waals surface area contributed by atoms with E-state index in [1.165, 1.54) is 18.2 Å². The Morgan fingerprint density at radius 3 is 2.33 bits per heavy atom. The number of nitrogens with zero attached hydrogens (tertiary/aromatic N) is 1. The second-order valence-corrected chi connectivity index (χ2v) is 14.9. The lowest BCUT2D eigenvalue weighted by atomic mass is 9.72. The maximum atomic E-state index is 13.6. The Bertz CT molecular complexity index is 1390. The van der Waals surface area contributed by atoms with Gasteiger partial charge in [-0.3, -0.25) is 14.5 Å². The number of nitrogens with one attached hydrogen (secondary N) is 2. The van der Waals surface area contributed by atoms with Crippen molar-refractivity contribution in [3.8, 4) is 5.75 Å². The summed E-state index contributed by atoms with van der Waals surface area (Å²) in [6.07, 6.45) is 3.58. The van der Waals surface area contributed by atoms with Crippen LogP contribution >= 0.6 is 0 Å². The van der Waals surface area contributed by atoms with Gasteiger partial charge in [0.2, 0.25) is 15.9 Å². The van der Waals surface area contributed by atoms with Crippen LogP contribution < -0.4 is 15.8 Å². The van der Waals surface area contributed by atoms with Crippen molar-refractivity contribution in [1.29, 1.82) is 0 Å². The van der Waals surface area contributed by atoms with E-state index in [-0.39, 0.29) is 23.8 Å². The Morgan fingerprint density at radius 1 is 1.05 bits per heavy atom. The fourth-order valence-electron chi connectivity index (χ4n) is 6.70. The number of hydrogen-bond acceptors (Lipinski definition) is 7. The number of aliphatic hydroxyl groups excluding tert-OH is 1. The van der Waals surface area contributed by atoms with Crippen LogP contribution in [0.15, 0.2) is 48.5 Å². The minimum Gasteiger partial charge on any atom is -0.508 e. The molecule has 6 N–H and O–H groups in total. The highest BCUT2D eigenvalue weighted by Crippen LogP contribution is 2.39. The number of aliphatic hydroxyl groups is 1. The number of sulfonamides is 1. The molecule has 2 aliphatic rings. The summed E-state index contributed by atoms with van der Waals surface area (Å²) >= 11 is 0. The van der Waals surface area contributed by atoms with Gasteiger partial charge >= 0.3 is 0 Å². The maximum Gasteiger partial charge on any atom is 0.252 e. The molecule has 1 saturated heterocycles. The minimum atomic E-state index is -4.34. The van der Waals surface area contributed by atoms with Gasteiger partial charge in [0.05, 0.1) is 18.2 Å². The molecule has 4 rings (SSSR count). The fourth-order valence-corrected chi connectivity index (χ4v) is 7.89. The molecule has 11 heteroatoms. The number of benzene rings is 2. The van der Waals surface area contributed by atoms with Crippen molar-refractivity contribution in [2.45, 2.75) is 88.8 Å². The number of rotatable bonds is 9. The molecule has 1 heterocycles. The number of phenolic OH excluding ortho intramolecular Hbond substituents is 1. The first kappa shape index (κ1) is 32.9. The number of nitrogens with two attached hydrogens (primary N) is 1. The van der Waals surface area contributed by atoms with Gasteiger partial charge < -0.3 is 20.8 Å². The van der Waals surface area contributed by atoms with Crippen LogP contribution in [0.2, 0.25) is 0 Å². The summed E-state index contributed by atoms with van der Waals surface area (Å²) in [5, 5.41) is 32.2. The van der Waals surface area contributed by atoms with Crippen LogP contribution in [0.1, 0.15) is 79.6 Å². The Labute approximate surface area is 255 Å². The van der Waals surface area contributed by atoms with E-state index in [9.17, 15) is 28.2 Å². The van der Waals surface area contributed by atoms with E-state index in [4.69, 9.17) is 5.14 Å². The molecule has 0 bridgehead atoms. The third-order valence-electron chi connectivity index (χ3n) is 8.80. The Kier molecular flexibility index (Phi) is 10.2. The normalized spacial score (nSPS) is 23.4. The van der Waals surface area contributed by atoms with Gasteiger partial charge in [0.1, 0.15) is 11.0 Å². The third-order valence-corrected chi connectivity index (χ3v) is 10.1. The zero-order valence-corrected chi connectivity index (χ0v) is 26.3. The molecule has 0 aromatic heterocycles. The number of carbonyl (C=O) groups excluding carboxylic acids is 2. The quantitative estimate of drug-likeness (QED) is 0.290. The van der Waals surface area contributed by atoms with Crippen molar-refractivity contribution in [2.75, 3.05) is 13.1 Å². The summed E-state index contributed by atoms with van der Waals surface area (Å²) in [5.41, 5.74) is 0.323. The Balaban J connectivity index is 1.70. The average Bonchev–Trinajstić information content (AvgIpc) is 2.92. The van der Waals surface area contributed by atoms with Gasteiger partial charge in [0.25, 0.3) is 5.91 Å². The second kappa shape index (κ2) is 13.3. The lowest BCUT2D eigenvalue weighted by Gasteiger charge is -2.47. The molecule has 6 atom stereocenters. The minimum absolute atomic E-state index is 0.0473. The molecule has 0 radical (unpaired) electrons. The van der Waals surface area contributed by atoms with Crippen molar-refractivity contribution in [2.24, 2.45) is 17.0 Å². The van der Waals surface area contributed by atoms with Crippen LogP contribution in [0.3, 0.4) is 0 Å². The van der Waals surface area contributed by atoms with Crippen LogP contribution in [0.4, 0.5) is 0 Å². The highest BCUT2D eigenvalue weighted by Gasteiger charge is 2.44. The van der Waals surface area contributed by atoms with E-state index in [0.29, 0.717) is 35.9 Å². The highest BCUT2D eigenvalue weighted by atomic mass is 32.2. The lowest BCUT2D eigenvalue weighted by Crippen LogP contribution is -2.61. The first-order chi connectivity index (χ1) is 20.2. The zero-order chi connectivity index (χ0) is 31.5. The van der Waals surface area contributed by atoms with Gasteiger partial charge in [-0.25, -0.2) is 13.6 Å². The highest BCUT2D eigenvalue weighted by molar-refractivity contribution is 7.89. The third kappa shape index (κ3) is 8.14. The summed E-state index contributed by atoms with van der Waals surface area (Å²) in [5.74, 6) is -0.103. The van der Waals surface area contributed by atoms with E-state index >= 15 is 0 Å². The number of primary sulfonamides is 1. The van der Waals surface area contributed by atoms with Crippen LogP contribution in [0, 0.1) is 18.8 Å². The van der Waals surface area contributed by atoms with Crippen molar-refractivity contribution in [3.05, 3.63) is 65.2 Å². The number of amides is 2. The topological polar surface area (TPSA) is 162 Å². The Morgan fingerprint density at radius 2 is 1.70 bits per heavy atom. The molecular weight excluding hydrogens is 568 g/mol. The predicted molar refractivity (Wildman–Crippen MR) is 166 cm³/mol. The molecule has 0 spiro atoms. The number of phenols is 1. The molecule has 1 aliphatic carbocycles. The molecule has 2 aromatic rings. The van der Waals surface area contributed by atoms with Gasteiger partial charge in [-0.05, 0) is 70.1 Å². The fraction of sp³-hybridized carbons (Fsp3) is 0.562. The smallest absolute Gasteiger partial charge is 0.252 e. The average molecular weight is 615 g/mol. The molecule has 1 aliphatic heterocycles. The summed E-state index contributed by atoms with van der Waals surface area (Å²) < 4.78 is 26.2. The maximum absolute atomic E-state index is 13.6. The van der Waals surface area contributed by atoms with Crippen LogP contribution in [0.25, 0.3) is 0 Å². The van der Waals surface area contributed by atoms with Crippen molar-refractivity contribution >= 4 is 21.8 Å². The predicted octanol–water partition coefficient (Wildman–Crippen LogP) is 2.99. The SMILES string of the molecule is Cc1c(O)cccc1C(=O)NC(C(O)CN1CC2CCCCC2CC1C(=O)NC(C)(C)C)C(c1ccccc1)S(N)(=O)=O. The lowest BCUT2D eigenvalue weighted by molar-refractivity contribution is -0.132. The molecule has 236 valence electrons.